The van der Waals surface area contributed by atoms with Gasteiger partial charge in [-0.25, -0.2) is 0 Å². The summed E-state index contributed by atoms with van der Waals surface area (Å²) in [6.45, 7) is 6.59. The Balaban J connectivity index is 1.43. The molecule has 3 aromatic rings. The van der Waals surface area contributed by atoms with Crippen molar-refractivity contribution in [1.29, 1.82) is 0 Å². The lowest BCUT2D eigenvalue weighted by Crippen LogP contribution is -2.47. The summed E-state index contributed by atoms with van der Waals surface area (Å²) < 4.78 is 7.18. The average molecular weight is 365 g/mol. The minimum Gasteiger partial charge on any atom is -0.495 e. The molecule has 0 amide bonds. The molecule has 1 saturated heterocycles. The fraction of sp³-hybridized carbons (Fsp3) is 0.368. The van der Waals surface area contributed by atoms with Gasteiger partial charge in [0, 0.05) is 38.9 Å². The highest BCUT2D eigenvalue weighted by molar-refractivity contribution is 5.41. The summed E-state index contributed by atoms with van der Waals surface area (Å²) in [5, 5.41) is 12.3. The van der Waals surface area contributed by atoms with Crippen LogP contribution < -0.4 is 9.64 Å². The van der Waals surface area contributed by atoms with Crippen LogP contribution in [0, 0.1) is 6.92 Å². The Kier molecular flexibility index (Phi) is 4.97. The number of piperazine rings is 1. The van der Waals surface area contributed by atoms with Crippen molar-refractivity contribution in [2.24, 2.45) is 0 Å². The molecular weight excluding hydrogens is 342 g/mol. The van der Waals surface area contributed by atoms with Gasteiger partial charge in [-0.3, -0.25) is 9.88 Å². The molecule has 0 radical (unpaired) electrons. The van der Waals surface area contributed by atoms with Crippen molar-refractivity contribution in [2.75, 3.05) is 38.2 Å². The summed E-state index contributed by atoms with van der Waals surface area (Å²) >= 11 is 0. The van der Waals surface area contributed by atoms with E-state index in [0.29, 0.717) is 0 Å². The largest absolute Gasteiger partial charge is 0.495 e. The predicted molar refractivity (Wildman–Crippen MR) is 102 cm³/mol. The van der Waals surface area contributed by atoms with Gasteiger partial charge in [0.25, 0.3) is 0 Å². The maximum atomic E-state index is 5.38. The van der Waals surface area contributed by atoms with Gasteiger partial charge in [0.05, 0.1) is 19.0 Å². The normalized spacial score (nSPS) is 15.1. The predicted octanol–water partition coefficient (Wildman–Crippen LogP) is 1.70. The lowest BCUT2D eigenvalue weighted by molar-refractivity contribution is 0.247. The van der Waals surface area contributed by atoms with E-state index in [9.17, 15) is 0 Å². The molecule has 1 fully saturated rings. The Morgan fingerprint density at radius 3 is 2.56 bits per heavy atom. The quantitative estimate of drug-likeness (QED) is 0.681. The van der Waals surface area contributed by atoms with Crippen LogP contribution >= 0.6 is 0 Å². The summed E-state index contributed by atoms with van der Waals surface area (Å²) in [4.78, 5) is 8.95. The van der Waals surface area contributed by atoms with Crippen molar-refractivity contribution in [3.8, 4) is 11.4 Å². The zero-order chi connectivity index (χ0) is 18.6. The standard InChI is InChI=1S/C19H23N7O/c1-15-16(12-20-13-18(15)27-2)14-24-8-10-25(11-9-24)19-21-22-23-26(19)17-6-4-3-5-7-17/h3-7,12-13H,8-11,14H2,1-2H3. The van der Waals surface area contributed by atoms with Crippen LogP contribution in [0.3, 0.4) is 0 Å². The average Bonchev–Trinajstić information content (AvgIpc) is 3.21. The van der Waals surface area contributed by atoms with E-state index in [0.717, 1.165) is 55.7 Å². The third-order valence-electron chi connectivity index (χ3n) is 5.00. The monoisotopic (exact) mass is 365 g/mol. The van der Waals surface area contributed by atoms with Gasteiger partial charge in [-0.1, -0.05) is 23.3 Å². The summed E-state index contributed by atoms with van der Waals surface area (Å²) in [7, 11) is 1.68. The smallest absolute Gasteiger partial charge is 0.250 e. The van der Waals surface area contributed by atoms with Gasteiger partial charge in [-0.2, -0.15) is 4.68 Å². The summed E-state index contributed by atoms with van der Waals surface area (Å²) in [6.07, 6.45) is 3.69. The van der Waals surface area contributed by atoms with Gasteiger partial charge in [0.1, 0.15) is 5.75 Å². The number of ether oxygens (including phenoxy) is 1. The van der Waals surface area contributed by atoms with Crippen LogP contribution in [0.15, 0.2) is 42.7 Å². The number of nitrogens with zero attached hydrogens (tertiary/aromatic N) is 7. The lowest BCUT2D eigenvalue weighted by Gasteiger charge is -2.35. The van der Waals surface area contributed by atoms with Crippen LogP contribution in [-0.2, 0) is 6.54 Å². The van der Waals surface area contributed by atoms with Crippen LogP contribution in [0.25, 0.3) is 5.69 Å². The highest BCUT2D eigenvalue weighted by Gasteiger charge is 2.23. The Morgan fingerprint density at radius 2 is 1.81 bits per heavy atom. The van der Waals surface area contributed by atoms with Gasteiger partial charge in [0.15, 0.2) is 0 Å². The van der Waals surface area contributed by atoms with E-state index in [1.54, 1.807) is 18.0 Å². The molecule has 1 aliphatic rings. The molecule has 0 N–H and O–H groups in total. The van der Waals surface area contributed by atoms with Crippen LogP contribution in [0.2, 0.25) is 0 Å². The molecule has 0 bridgehead atoms. The van der Waals surface area contributed by atoms with E-state index in [1.165, 1.54) is 5.56 Å². The SMILES string of the molecule is COc1cncc(CN2CCN(c3nnnn3-c3ccccc3)CC2)c1C. The molecule has 27 heavy (non-hydrogen) atoms. The van der Waals surface area contributed by atoms with Crippen LogP contribution in [0.4, 0.5) is 5.95 Å². The van der Waals surface area contributed by atoms with Crippen molar-refractivity contribution in [2.45, 2.75) is 13.5 Å². The molecule has 1 aliphatic heterocycles. The molecule has 3 heterocycles. The first-order chi connectivity index (χ1) is 13.3. The van der Waals surface area contributed by atoms with Crippen LogP contribution in [0.1, 0.15) is 11.1 Å². The molecule has 0 spiro atoms. The minimum absolute atomic E-state index is 0.792. The van der Waals surface area contributed by atoms with E-state index >= 15 is 0 Å². The minimum atomic E-state index is 0.792. The Labute approximate surface area is 158 Å². The second-order valence-corrected chi connectivity index (χ2v) is 6.62. The molecule has 1 aromatic carbocycles. The molecule has 8 nitrogen and oxygen atoms in total. The van der Waals surface area contributed by atoms with Gasteiger partial charge < -0.3 is 9.64 Å². The van der Waals surface area contributed by atoms with Crippen molar-refractivity contribution in [3.63, 3.8) is 0 Å². The number of hydrogen-bond acceptors (Lipinski definition) is 7. The van der Waals surface area contributed by atoms with E-state index in [1.807, 2.05) is 36.5 Å². The molecule has 4 rings (SSSR count). The van der Waals surface area contributed by atoms with Gasteiger partial charge in [0.2, 0.25) is 5.95 Å². The van der Waals surface area contributed by atoms with E-state index < -0.39 is 0 Å². The highest BCUT2D eigenvalue weighted by Crippen LogP contribution is 2.22. The Morgan fingerprint density at radius 1 is 1.04 bits per heavy atom. The molecule has 2 aromatic heterocycles. The number of anilines is 1. The first-order valence-electron chi connectivity index (χ1n) is 9.05. The third-order valence-corrected chi connectivity index (χ3v) is 5.00. The Bertz CT molecular complexity index is 888. The lowest BCUT2D eigenvalue weighted by atomic mass is 10.1. The number of methoxy groups -OCH3 is 1. The number of para-hydroxylation sites is 1. The number of hydrogen-bond donors (Lipinski definition) is 0. The third kappa shape index (κ3) is 3.61. The molecule has 140 valence electrons. The molecule has 0 unspecified atom stereocenters. The van der Waals surface area contributed by atoms with Gasteiger partial charge in [-0.05, 0) is 40.6 Å². The van der Waals surface area contributed by atoms with Crippen molar-refractivity contribution >= 4 is 5.95 Å². The summed E-state index contributed by atoms with van der Waals surface area (Å²) in [5.74, 6) is 1.63. The Hall–Kier alpha value is -3.00. The summed E-state index contributed by atoms with van der Waals surface area (Å²) in [5.41, 5.74) is 3.33. The molecular formula is C19H23N7O. The van der Waals surface area contributed by atoms with Crippen molar-refractivity contribution in [3.05, 3.63) is 53.9 Å². The summed E-state index contributed by atoms with van der Waals surface area (Å²) in [6, 6.07) is 9.98. The van der Waals surface area contributed by atoms with Crippen LogP contribution in [0.5, 0.6) is 5.75 Å². The van der Waals surface area contributed by atoms with E-state index in [2.05, 4.69) is 37.2 Å². The molecule has 0 atom stereocenters. The van der Waals surface area contributed by atoms with Crippen molar-refractivity contribution in [1.82, 2.24) is 30.1 Å². The van der Waals surface area contributed by atoms with Gasteiger partial charge in [-0.15, -0.1) is 0 Å². The van der Waals surface area contributed by atoms with Gasteiger partial charge >= 0.3 is 0 Å². The number of tetrazole rings is 1. The second-order valence-electron chi connectivity index (χ2n) is 6.62. The molecule has 0 saturated carbocycles. The van der Waals surface area contributed by atoms with E-state index in [4.69, 9.17) is 4.74 Å². The molecule has 8 heteroatoms. The maximum absolute atomic E-state index is 5.38. The fourth-order valence-electron chi connectivity index (χ4n) is 3.37. The maximum Gasteiger partial charge on any atom is 0.250 e. The zero-order valence-corrected chi connectivity index (χ0v) is 15.6. The van der Waals surface area contributed by atoms with Crippen LogP contribution in [-0.4, -0.2) is 63.4 Å². The number of rotatable bonds is 5. The van der Waals surface area contributed by atoms with E-state index in [-0.39, 0.29) is 0 Å². The second kappa shape index (κ2) is 7.71. The van der Waals surface area contributed by atoms with Crippen molar-refractivity contribution < 1.29 is 4.74 Å². The molecule has 0 aliphatic carbocycles. The number of benzene rings is 1. The topological polar surface area (TPSA) is 72.2 Å². The highest BCUT2D eigenvalue weighted by atomic mass is 16.5. The fourth-order valence-corrected chi connectivity index (χ4v) is 3.37. The zero-order valence-electron chi connectivity index (χ0n) is 15.6. The first kappa shape index (κ1) is 17.4. The first-order valence-corrected chi connectivity index (χ1v) is 9.05. The number of pyridine rings is 1. The number of aromatic nitrogens is 5.